The fourth-order valence-electron chi connectivity index (χ4n) is 2.37. The Kier molecular flexibility index (Phi) is 5.23. The second kappa shape index (κ2) is 6.92. The maximum absolute atomic E-state index is 11.7. The number of benzene rings is 1. The summed E-state index contributed by atoms with van der Waals surface area (Å²) >= 11 is 5.75. The van der Waals surface area contributed by atoms with Crippen LogP contribution >= 0.6 is 11.6 Å². The number of hydrogen-bond acceptors (Lipinski definition) is 4. The number of aliphatic hydroxyl groups is 2. The molecule has 110 valence electrons. The van der Waals surface area contributed by atoms with Crippen molar-refractivity contribution in [1.29, 1.82) is 0 Å². The van der Waals surface area contributed by atoms with Crippen LogP contribution in [0.25, 0.3) is 0 Å². The molecule has 20 heavy (non-hydrogen) atoms. The second-order valence-corrected chi connectivity index (χ2v) is 5.42. The quantitative estimate of drug-likeness (QED) is 0.757. The van der Waals surface area contributed by atoms with Crippen molar-refractivity contribution in [1.82, 2.24) is 5.32 Å². The summed E-state index contributed by atoms with van der Waals surface area (Å²) in [5.41, 5.74) is 0. The van der Waals surface area contributed by atoms with E-state index in [2.05, 4.69) is 5.32 Å². The van der Waals surface area contributed by atoms with Gasteiger partial charge < -0.3 is 20.3 Å². The highest BCUT2D eigenvalue weighted by Crippen LogP contribution is 2.25. The molecule has 1 aliphatic rings. The first-order valence-corrected chi connectivity index (χ1v) is 6.93. The van der Waals surface area contributed by atoms with Crippen LogP contribution in [0.3, 0.4) is 0 Å². The number of ether oxygens (including phenoxy) is 1. The summed E-state index contributed by atoms with van der Waals surface area (Å²) in [6.07, 6.45) is 0.505. The predicted octanol–water partition coefficient (Wildman–Crippen LogP) is 0.967. The van der Waals surface area contributed by atoms with E-state index in [1.165, 1.54) is 0 Å². The van der Waals surface area contributed by atoms with Crippen LogP contribution in [0.4, 0.5) is 0 Å². The molecule has 0 heterocycles. The highest BCUT2D eigenvalue weighted by atomic mass is 35.5. The van der Waals surface area contributed by atoms with E-state index < -0.39 is 6.10 Å². The van der Waals surface area contributed by atoms with Gasteiger partial charge in [0.05, 0.1) is 6.10 Å². The van der Waals surface area contributed by atoms with Gasteiger partial charge in [0.25, 0.3) is 5.91 Å². The minimum Gasteiger partial charge on any atom is -0.484 e. The lowest BCUT2D eigenvalue weighted by atomic mass is 10.1. The van der Waals surface area contributed by atoms with Gasteiger partial charge in [-0.3, -0.25) is 4.79 Å². The van der Waals surface area contributed by atoms with Gasteiger partial charge >= 0.3 is 0 Å². The molecule has 1 saturated carbocycles. The topological polar surface area (TPSA) is 78.8 Å². The summed E-state index contributed by atoms with van der Waals surface area (Å²) < 4.78 is 5.33. The summed E-state index contributed by atoms with van der Waals surface area (Å²) in [5, 5.41) is 22.1. The molecule has 5 nitrogen and oxygen atoms in total. The Balaban J connectivity index is 1.74. The molecule has 1 aliphatic carbocycles. The average Bonchev–Trinajstić information content (AvgIpc) is 2.78. The SMILES string of the molecule is O=C(COc1ccc(Cl)cc1)N[C@@H]1C[C@@H](CO)[C@H](O)C1. The van der Waals surface area contributed by atoms with E-state index in [0.717, 1.165) is 0 Å². The van der Waals surface area contributed by atoms with Crippen LogP contribution in [0.2, 0.25) is 5.02 Å². The minimum absolute atomic E-state index is 0.0607. The van der Waals surface area contributed by atoms with Crippen LogP contribution in [-0.4, -0.2) is 41.5 Å². The molecule has 1 aromatic rings. The molecule has 1 aromatic carbocycles. The highest BCUT2D eigenvalue weighted by Gasteiger charge is 2.33. The maximum Gasteiger partial charge on any atom is 0.258 e. The molecule has 0 bridgehead atoms. The van der Waals surface area contributed by atoms with E-state index in [4.69, 9.17) is 21.4 Å². The predicted molar refractivity (Wildman–Crippen MR) is 74.7 cm³/mol. The number of hydrogen-bond donors (Lipinski definition) is 3. The van der Waals surface area contributed by atoms with Gasteiger partial charge in [-0.05, 0) is 37.1 Å². The summed E-state index contributed by atoms with van der Waals surface area (Å²) in [6, 6.07) is 6.65. The third-order valence-electron chi connectivity index (χ3n) is 3.44. The van der Waals surface area contributed by atoms with Crippen molar-refractivity contribution in [3.8, 4) is 5.75 Å². The number of nitrogens with one attached hydrogen (secondary N) is 1. The van der Waals surface area contributed by atoms with Gasteiger partial charge in [-0.2, -0.15) is 0 Å². The fraction of sp³-hybridized carbons (Fsp3) is 0.500. The summed E-state index contributed by atoms with van der Waals surface area (Å²) in [5.74, 6) is 0.178. The molecule has 2 rings (SSSR count). The molecule has 0 radical (unpaired) electrons. The normalized spacial score (nSPS) is 25.4. The molecule has 0 aliphatic heterocycles. The Bertz CT molecular complexity index is 451. The number of rotatable bonds is 5. The van der Waals surface area contributed by atoms with E-state index in [1.54, 1.807) is 24.3 Å². The highest BCUT2D eigenvalue weighted by molar-refractivity contribution is 6.30. The molecular formula is C14H18ClNO4. The third-order valence-corrected chi connectivity index (χ3v) is 3.69. The fourth-order valence-corrected chi connectivity index (χ4v) is 2.49. The van der Waals surface area contributed by atoms with Gasteiger partial charge in [0.15, 0.2) is 6.61 Å². The maximum atomic E-state index is 11.7. The number of halogens is 1. The monoisotopic (exact) mass is 299 g/mol. The lowest BCUT2D eigenvalue weighted by Gasteiger charge is -2.13. The van der Waals surface area contributed by atoms with Crippen molar-refractivity contribution in [2.24, 2.45) is 5.92 Å². The zero-order valence-corrected chi connectivity index (χ0v) is 11.7. The smallest absolute Gasteiger partial charge is 0.258 e. The lowest BCUT2D eigenvalue weighted by Crippen LogP contribution is -2.36. The number of carbonyl (C=O) groups excluding carboxylic acids is 1. The van der Waals surface area contributed by atoms with E-state index in [1.807, 2.05) is 0 Å². The standard InChI is InChI=1S/C14H18ClNO4/c15-10-1-3-12(4-2-10)20-8-14(19)16-11-5-9(7-17)13(18)6-11/h1-4,9,11,13,17-18H,5-8H2,(H,16,19)/t9-,11+,13+/m0/s1. The van der Waals surface area contributed by atoms with E-state index in [9.17, 15) is 9.90 Å². The molecule has 3 atom stereocenters. The van der Waals surface area contributed by atoms with Gasteiger partial charge in [-0.25, -0.2) is 0 Å². The van der Waals surface area contributed by atoms with Crippen molar-refractivity contribution in [2.45, 2.75) is 25.0 Å². The molecular weight excluding hydrogens is 282 g/mol. The Labute approximate surface area is 122 Å². The zero-order valence-electron chi connectivity index (χ0n) is 11.0. The van der Waals surface area contributed by atoms with Crippen LogP contribution in [0.1, 0.15) is 12.8 Å². The van der Waals surface area contributed by atoms with Gasteiger partial charge in [0, 0.05) is 23.6 Å². The Morgan fingerprint density at radius 1 is 1.35 bits per heavy atom. The summed E-state index contributed by atoms with van der Waals surface area (Å²) in [7, 11) is 0. The minimum atomic E-state index is -0.553. The Morgan fingerprint density at radius 3 is 2.65 bits per heavy atom. The van der Waals surface area contributed by atoms with E-state index >= 15 is 0 Å². The van der Waals surface area contributed by atoms with Crippen molar-refractivity contribution >= 4 is 17.5 Å². The number of aliphatic hydroxyl groups excluding tert-OH is 2. The first-order valence-electron chi connectivity index (χ1n) is 6.55. The van der Waals surface area contributed by atoms with E-state index in [0.29, 0.717) is 23.6 Å². The molecule has 6 heteroatoms. The molecule has 1 fully saturated rings. The third kappa shape index (κ3) is 4.10. The first-order chi connectivity index (χ1) is 9.58. The van der Waals surface area contributed by atoms with Crippen LogP contribution in [0.15, 0.2) is 24.3 Å². The molecule has 1 amide bonds. The Morgan fingerprint density at radius 2 is 2.05 bits per heavy atom. The van der Waals surface area contributed by atoms with Gasteiger partial charge in [0.1, 0.15) is 5.75 Å². The molecule has 3 N–H and O–H groups in total. The molecule has 0 spiro atoms. The van der Waals surface area contributed by atoms with Crippen molar-refractivity contribution < 1.29 is 19.7 Å². The summed E-state index contributed by atoms with van der Waals surface area (Å²) in [4.78, 5) is 11.7. The van der Waals surface area contributed by atoms with Crippen LogP contribution in [0.5, 0.6) is 5.75 Å². The van der Waals surface area contributed by atoms with Crippen molar-refractivity contribution in [2.75, 3.05) is 13.2 Å². The largest absolute Gasteiger partial charge is 0.484 e. The van der Waals surface area contributed by atoms with E-state index in [-0.39, 0.29) is 31.1 Å². The number of amides is 1. The first kappa shape index (κ1) is 15.1. The van der Waals surface area contributed by atoms with Crippen LogP contribution in [0, 0.1) is 5.92 Å². The van der Waals surface area contributed by atoms with Gasteiger partial charge in [-0.1, -0.05) is 11.6 Å². The molecule has 0 saturated heterocycles. The van der Waals surface area contributed by atoms with Crippen LogP contribution in [-0.2, 0) is 4.79 Å². The number of carbonyl (C=O) groups is 1. The van der Waals surface area contributed by atoms with Gasteiger partial charge in [0.2, 0.25) is 0 Å². The van der Waals surface area contributed by atoms with Crippen molar-refractivity contribution in [3.63, 3.8) is 0 Å². The summed E-state index contributed by atoms with van der Waals surface area (Å²) in [6.45, 7) is -0.146. The van der Waals surface area contributed by atoms with Crippen LogP contribution < -0.4 is 10.1 Å². The Hall–Kier alpha value is -1.30. The molecule has 0 unspecified atom stereocenters. The lowest BCUT2D eigenvalue weighted by molar-refractivity contribution is -0.123. The van der Waals surface area contributed by atoms with Gasteiger partial charge in [-0.15, -0.1) is 0 Å². The average molecular weight is 300 g/mol. The van der Waals surface area contributed by atoms with Crippen molar-refractivity contribution in [3.05, 3.63) is 29.3 Å². The zero-order chi connectivity index (χ0) is 14.5. The molecule has 0 aromatic heterocycles. The second-order valence-electron chi connectivity index (χ2n) is 4.99.